The van der Waals surface area contributed by atoms with Gasteiger partial charge in [0.25, 0.3) is 0 Å². The molecule has 0 heterocycles. The van der Waals surface area contributed by atoms with E-state index in [1.165, 1.54) is 6.07 Å². The highest BCUT2D eigenvalue weighted by molar-refractivity contribution is 5.31. The molecular formula is C12H8F2O. The largest absolute Gasteiger partial charge is 0.457 e. The van der Waals surface area contributed by atoms with Gasteiger partial charge in [0.05, 0.1) is 0 Å². The molecule has 1 nitrogen and oxygen atoms in total. The average Bonchev–Trinajstić information content (AvgIpc) is 2.25. The predicted molar refractivity (Wildman–Crippen MR) is 52.9 cm³/mol. The van der Waals surface area contributed by atoms with Crippen molar-refractivity contribution in [3.05, 3.63) is 60.2 Å². The van der Waals surface area contributed by atoms with Gasteiger partial charge in [-0.25, -0.2) is 8.78 Å². The number of hydrogen-bond acceptors (Lipinski definition) is 1. The fourth-order valence-electron chi connectivity index (χ4n) is 1.16. The van der Waals surface area contributed by atoms with Gasteiger partial charge < -0.3 is 4.74 Å². The van der Waals surface area contributed by atoms with Crippen LogP contribution in [-0.4, -0.2) is 0 Å². The first-order valence-corrected chi connectivity index (χ1v) is 4.43. The average molecular weight is 206 g/mol. The molecule has 0 aliphatic carbocycles. The Hall–Kier alpha value is -1.90. The molecule has 2 aromatic carbocycles. The first kappa shape index (κ1) is 9.65. The number of rotatable bonds is 2. The number of ether oxygens (including phenoxy) is 1. The third-order valence-electron chi connectivity index (χ3n) is 1.87. The summed E-state index contributed by atoms with van der Waals surface area (Å²) in [5, 5.41) is 0. The fraction of sp³-hybridized carbons (Fsp3) is 0. The van der Waals surface area contributed by atoms with E-state index in [1.54, 1.807) is 24.3 Å². The molecule has 0 aliphatic heterocycles. The SMILES string of the molecule is Fc1ccc(Oc2ccccc2)cc1F. The van der Waals surface area contributed by atoms with E-state index in [1.807, 2.05) is 6.07 Å². The standard InChI is InChI=1S/C12H8F2O/c13-11-7-6-10(8-12(11)14)15-9-4-2-1-3-5-9/h1-8H. The Bertz CT molecular complexity index is 454. The van der Waals surface area contributed by atoms with E-state index >= 15 is 0 Å². The molecule has 0 aliphatic rings. The van der Waals surface area contributed by atoms with E-state index in [0.717, 1.165) is 12.1 Å². The quantitative estimate of drug-likeness (QED) is 0.726. The van der Waals surface area contributed by atoms with Gasteiger partial charge in [-0.15, -0.1) is 0 Å². The summed E-state index contributed by atoms with van der Waals surface area (Å²) >= 11 is 0. The molecule has 0 radical (unpaired) electrons. The lowest BCUT2D eigenvalue weighted by molar-refractivity contribution is 0.461. The fourth-order valence-corrected chi connectivity index (χ4v) is 1.16. The molecule has 76 valence electrons. The molecular weight excluding hydrogens is 198 g/mol. The van der Waals surface area contributed by atoms with Crippen molar-refractivity contribution >= 4 is 0 Å². The van der Waals surface area contributed by atoms with Gasteiger partial charge in [-0.2, -0.15) is 0 Å². The van der Waals surface area contributed by atoms with Crippen LogP contribution in [0.25, 0.3) is 0 Å². The van der Waals surface area contributed by atoms with E-state index in [2.05, 4.69) is 0 Å². The third kappa shape index (κ3) is 2.31. The van der Waals surface area contributed by atoms with Crippen molar-refractivity contribution in [2.45, 2.75) is 0 Å². The summed E-state index contributed by atoms with van der Waals surface area (Å²) in [5.41, 5.74) is 0. The van der Waals surface area contributed by atoms with Crippen LogP contribution in [0.3, 0.4) is 0 Å². The monoisotopic (exact) mass is 206 g/mol. The lowest BCUT2D eigenvalue weighted by Crippen LogP contribution is -1.87. The molecule has 0 saturated carbocycles. The van der Waals surface area contributed by atoms with Crippen molar-refractivity contribution in [2.75, 3.05) is 0 Å². The maximum Gasteiger partial charge on any atom is 0.162 e. The number of hydrogen-bond donors (Lipinski definition) is 0. The number of para-hydroxylation sites is 1. The van der Waals surface area contributed by atoms with Crippen LogP contribution in [0.1, 0.15) is 0 Å². The zero-order valence-electron chi connectivity index (χ0n) is 7.78. The van der Waals surface area contributed by atoms with Gasteiger partial charge in [-0.1, -0.05) is 18.2 Å². The zero-order chi connectivity index (χ0) is 10.7. The highest BCUT2D eigenvalue weighted by atomic mass is 19.2. The molecule has 0 fully saturated rings. The van der Waals surface area contributed by atoms with Gasteiger partial charge in [0.2, 0.25) is 0 Å². The minimum absolute atomic E-state index is 0.278. The first-order valence-electron chi connectivity index (χ1n) is 4.43. The summed E-state index contributed by atoms with van der Waals surface area (Å²) in [4.78, 5) is 0. The van der Waals surface area contributed by atoms with E-state index in [9.17, 15) is 8.78 Å². The first-order chi connectivity index (χ1) is 7.25. The van der Waals surface area contributed by atoms with Crippen molar-refractivity contribution in [1.29, 1.82) is 0 Å². The summed E-state index contributed by atoms with van der Waals surface area (Å²) in [6, 6.07) is 12.4. The minimum Gasteiger partial charge on any atom is -0.457 e. The smallest absolute Gasteiger partial charge is 0.162 e. The Morgan fingerprint density at radius 3 is 2.13 bits per heavy atom. The second kappa shape index (κ2) is 4.09. The van der Waals surface area contributed by atoms with Gasteiger partial charge in [-0.3, -0.25) is 0 Å². The van der Waals surface area contributed by atoms with Crippen molar-refractivity contribution in [1.82, 2.24) is 0 Å². The topological polar surface area (TPSA) is 9.23 Å². The minimum atomic E-state index is -0.913. The third-order valence-corrected chi connectivity index (χ3v) is 1.87. The highest BCUT2D eigenvalue weighted by Crippen LogP contribution is 2.22. The highest BCUT2D eigenvalue weighted by Gasteiger charge is 2.03. The Labute approximate surface area is 85.9 Å². The summed E-state index contributed by atoms with van der Waals surface area (Å²) in [6.45, 7) is 0. The summed E-state index contributed by atoms with van der Waals surface area (Å²) < 4.78 is 30.7. The van der Waals surface area contributed by atoms with E-state index in [0.29, 0.717) is 5.75 Å². The van der Waals surface area contributed by atoms with Gasteiger partial charge in [0, 0.05) is 6.07 Å². The maximum atomic E-state index is 12.8. The van der Waals surface area contributed by atoms with E-state index < -0.39 is 11.6 Å². The summed E-state index contributed by atoms with van der Waals surface area (Å²) in [7, 11) is 0. The number of benzene rings is 2. The molecule has 0 saturated heterocycles. The van der Waals surface area contributed by atoms with Crippen LogP contribution in [0.15, 0.2) is 48.5 Å². The molecule has 0 atom stereocenters. The van der Waals surface area contributed by atoms with Crippen molar-refractivity contribution < 1.29 is 13.5 Å². The van der Waals surface area contributed by atoms with Crippen LogP contribution < -0.4 is 4.74 Å². The summed E-state index contributed by atoms with van der Waals surface area (Å²) in [6.07, 6.45) is 0. The van der Waals surface area contributed by atoms with Crippen LogP contribution in [-0.2, 0) is 0 Å². The maximum absolute atomic E-state index is 12.8. The van der Waals surface area contributed by atoms with E-state index in [-0.39, 0.29) is 5.75 Å². The molecule has 0 spiro atoms. The molecule has 0 aromatic heterocycles. The van der Waals surface area contributed by atoms with Crippen molar-refractivity contribution in [2.24, 2.45) is 0 Å². The molecule has 3 heteroatoms. The Morgan fingerprint density at radius 1 is 0.733 bits per heavy atom. The second-order valence-corrected chi connectivity index (χ2v) is 2.99. The lowest BCUT2D eigenvalue weighted by Gasteiger charge is -2.05. The molecule has 0 unspecified atom stereocenters. The van der Waals surface area contributed by atoms with Gasteiger partial charge in [0.1, 0.15) is 11.5 Å². The van der Waals surface area contributed by atoms with Gasteiger partial charge in [0.15, 0.2) is 11.6 Å². The molecule has 0 amide bonds. The number of halogens is 2. The second-order valence-electron chi connectivity index (χ2n) is 2.99. The van der Waals surface area contributed by atoms with Crippen LogP contribution >= 0.6 is 0 Å². The van der Waals surface area contributed by atoms with Crippen molar-refractivity contribution in [3.8, 4) is 11.5 Å². The molecule has 0 bridgehead atoms. The Kier molecular flexibility index (Phi) is 2.63. The molecule has 2 rings (SSSR count). The molecule has 15 heavy (non-hydrogen) atoms. The molecule has 2 aromatic rings. The van der Waals surface area contributed by atoms with E-state index in [4.69, 9.17) is 4.74 Å². The predicted octanol–water partition coefficient (Wildman–Crippen LogP) is 3.76. The Balaban J connectivity index is 2.22. The summed E-state index contributed by atoms with van der Waals surface area (Å²) in [5.74, 6) is -0.928. The lowest BCUT2D eigenvalue weighted by atomic mass is 10.3. The zero-order valence-corrected chi connectivity index (χ0v) is 7.78. The normalized spacial score (nSPS) is 10.0. The molecule has 0 N–H and O–H groups in total. The van der Waals surface area contributed by atoms with Crippen molar-refractivity contribution in [3.63, 3.8) is 0 Å². The van der Waals surface area contributed by atoms with Crippen LogP contribution in [0.5, 0.6) is 11.5 Å². The van der Waals surface area contributed by atoms with Gasteiger partial charge >= 0.3 is 0 Å². The van der Waals surface area contributed by atoms with Gasteiger partial charge in [-0.05, 0) is 24.3 Å². The van der Waals surface area contributed by atoms with Crippen LogP contribution in [0.2, 0.25) is 0 Å². The van der Waals surface area contributed by atoms with Crippen LogP contribution in [0, 0.1) is 11.6 Å². The van der Waals surface area contributed by atoms with Crippen LogP contribution in [0.4, 0.5) is 8.78 Å². The Morgan fingerprint density at radius 2 is 1.47 bits per heavy atom.